The Hall–Kier alpha value is -2.98. The quantitative estimate of drug-likeness (QED) is 0.566. The van der Waals surface area contributed by atoms with Gasteiger partial charge < -0.3 is 9.97 Å². The zero-order valence-electron chi connectivity index (χ0n) is 11.0. The van der Waals surface area contributed by atoms with Gasteiger partial charge in [0.15, 0.2) is 5.69 Å². The van der Waals surface area contributed by atoms with E-state index in [4.69, 9.17) is 5.26 Å². The fourth-order valence-electron chi connectivity index (χ4n) is 2.37. The molecule has 3 heterocycles. The Morgan fingerprint density at radius 2 is 2.05 bits per heavy atom. The number of hydrogen-bond acceptors (Lipinski definition) is 4. The van der Waals surface area contributed by atoms with E-state index in [-0.39, 0.29) is 16.8 Å². The summed E-state index contributed by atoms with van der Waals surface area (Å²) in [6.45, 7) is 0. The van der Waals surface area contributed by atoms with Crippen molar-refractivity contribution in [1.82, 2.24) is 15.0 Å². The summed E-state index contributed by atoms with van der Waals surface area (Å²) in [6, 6.07) is 6.17. The van der Waals surface area contributed by atoms with Crippen molar-refractivity contribution in [2.24, 2.45) is 0 Å². The maximum Gasteiger partial charge on any atom is 0.276 e. The van der Waals surface area contributed by atoms with Crippen LogP contribution in [0.4, 0.5) is 4.39 Å². The highest BCUT2D eigenvalue weighted by Crippen LogP contribution is 2.24. The maximum atomic E-state index is 13.7. The van der Waals surface area contributed by atoms with Gasteiger partial charge >= 0.3 is 0 Å². The molecule has 4 rings (SSSR count). The molecule has 0 fully saturated rings. The molecule has 0 radical (unpaired) electrons. The van der Waals surface area contributed by atoms with E-state index < -0.39 is 5.82 Å². The van der Waals surface area contributed by atoms with E-state index in [2.05, 4.69) is 15.0 Å². The summed E-state index contributed by atoms with van der Waals surface area (Å²) in [7, 11) is 0. The minimum Gasteiger partial charge on any atom is -0.353 e. The lowest BCUT2D eigenvalue weighted by Gasteiger charge is -1.96. The summed E-state index contributed by atoms with van der Waals surface area (Å²) in [6.07, 6.45) is 0. The molecule has 106 valence electrons. The molecule has 0 saturated heterocycles. The van der Waals surface area contributed by atoms with Crippen LogP contribution in [0.1, 0.15) is 5.56 Å². The Morgan fingerprint density at radius 3 is 2.86 bits per heavy atom. The number of nitrogens with one attached hydrogen (secondary N) is 2. The van der Waals surface area contributed by atoms with Crippen molar-refractivity contribution < 1.29 is 4.39 Å². The van der Waals surface area contributed by atoms with E-state index in [9.17, 15) is 9.18 Å². The van der Waals surface area contributed by atoms with Crippen LogP contribution in [0.15, 0.2) is 33.8 Å². The zero-order valence-corrected chi connectivity index (χ0v) is 11.8. The molecule has 5 nitrogen and oxygen atoms in total. The fourth-order valence-corrected chi connectivity index (χ4v) is 3.07. The number of thiophene rings is 1. The summed E-state index contributed by atoms with van der Waals surface area (Å²) >= 11 is 1.45. The van der Waals surface area contributed by atoms with Gasteiger partial charge in [0.05, 0.1) is 22.3 Å². The van der Waals surface area contributed by atoms with Gasteiger partial charge in [-0.2, -0.15) is 5.26 Å². The van der Waals surface area contributed by atoms with Crippen LogP contribution in [0.2, 0.25) is 0 Å². The SMILES string of the molecule is N#Cc1cc2cc(-c3nc4cscc4[nH]c3=O)[nH]c2cc1F. The van der Waals surface area contributed by atoms with Gasteiger partial charge in [0.2, 0.25) is 0 Å². The first-order chi connectivity index (χ1) is 10.7. The minimum atomic E-state index is -0.599. The Kier molecular flexibility index (Phi) is 2.61. The van der Waals surface area contributed by atoms with Crippen LogP contribution >= 0.6 is 11.3 Å². The first-order valence-corrected chi connectivity index (χ1v) is 7.29. The summed E-state index contributed by atoms with van der Waals surface area (Å²) in [4.78, 5) is 22.2. The molecule has 0 aliphatic heterocycles. The summed E-state index contributed by atoms with van der Waals surface area (Å²) < 4.78 is 13.7. The Morgan fingerprint density at radius 1 is 1.18 bits per heavy atom. The Bertz CT molecular complexity index is 1130. The highest BCUT2D eigenvalue weighted by atomic mass is 32.1. The number of nitriles is 1. The lowest BCUT2D eigenvalue weighted by Crippen LogP contribution is -2.10. The molecule has 1 aromatic carbocycles. The van der Waals surface area contributed by atoms with E-state index in [0.717, 1.165) is 0 Å². The van der Waals surface area contributed by atoms with Crippen LogP contribution in [0, 0.1) is 17.1 Å². The third-order valence-electron chi connectivity index (χ3n) is 3.42. The zero-order chi connectivity index (χ0) is 15.3. The maximum absolute atomic E-state index is 13.7. The smallest absolute Gasteiger partial charge is 0.276 e. The largest absolute Gasteiger partial charge is 0.353 e. The van der Waals surface area contributed by atoms with Crippen molar-refractivity contribution in [1.29, 1.82) is 5.26 Å². The molecule has 0 aliphatic rings. The predicted octanol–water partition coefficient (Wildman–Crippen LogP) is 3.14. The third kappa shape index (κ3) is 1.82. The number of benzene rings is 1. The number of H-pyrrole nitrogens is 2. The monoisotopic (exact) mass is 310 g/mol. The van der Waals surface area contributed by atoms with Crippen molar-refractivity contribution in [3.63, 3.8) is 0 Å². The number of rotatable bonds is 1. The highest BCUT2D eigenvalue weighted by Gasteiger charge is 2.13. The number of fused-ring (bicyclic) bond motifs is 2. The second kappa shape index (κ2) is 4.51. The average Bonchev–Trinajstić information content (AvgIpc) is 3.10. The van der Waals surface area contributed by atoms with Crippen LogP contribution in [-0.2, 0) is 0 Å². The van der Waals surface area contributed by atoms with Crippen molar-refractivity contribution in [3.8, 4) is 17.5 Å². The lowest BCUT2D eigenvalue weighted by atomic mass is 10.1. The highest BCUT2D eigenvalue weighted by molar-refractivity contribution is 7.09. The van der Waals surface area contributed by atoms with Gasteiger partial charge in [-0.25, -0.2) is 9.37 Å². The topological polar surface area (TPSA) is 85.3 Å². The molecule has 2 N–H and O–H groups in total. The van der Waals surface area contributed by atoms with Gasteiger partial charge in [0, 0.05) is 21.7 Å². The molecule has 0 unspecified atom stereocenters. The molecule has 0 bridgehead atoms. The van der Waals surface area contributed by atoms with Gasteiger partial charge in [0.1, 0.15) is 11.9 Å². The summed E-state index contributed by atoms with van der Waals surface area (Å²) in [5.41, 5.74) is 2.26. The lowest BCUT2D eigenvalue weighted by molar-refractivity contribution is 0.625. The van der Waals surface area contributed by atoms with E-state index in [1.54, 1.807) is 12.1 Å². The van der Waals surface area contributed by atoms with E-state index >= 15 is 0 Å². The van der Waals surface area contributed by atoms with E-state index in [0.29, 0.717) is 27.6 Å². The molecule has 4 aromatic rings. The van der Waals surface area contributed by atoms with Gasteiger partial charge in [-0.1, -0.05) is 0 Å². The molecular formula is C15H7FN4OS. The summed E-state index contributed by atoms with van der Waals surface area (Å²) in [5, 5.41) is 13.2. The van der Waals surface area contributed by atoms with Crippen molar-refractivity contribution in [2.75, 3.05) is 0 Å². The third-order valence-corrected chi connectivity index (χ3v) is 4.15. The van der Waals surface area contributed by atoms with Gasteiger partial charge in [-0.3, -0.25) is 4.79 Å². The van der Waals surface area contributed by atoms with Gasteiger partial charge in [-0.05, 0) is 18.2 Å². The second-order valence-corrected chi connectivity index (χ2v) is 5.54. The van der Waals surface area contributed by atoms with Crippen molar-refractivity contribution in [2.45, 2.75) is 0 Å². The first kappa shape index (κ1) is 12.7. The summed E-state index contributed by atoms with van der Waals surface area (Å²) in [5.74, 6) is -0.599. The van der Waals surface area contributed by atoms with E-state index in [1.165, 1.54) is 23.5 Å². The molecule has 7 heteroatoms. The number of aromatic nitrogens is 3. The number of hydrogen-bond donors (Lipinski definition) is 2. The molecule has 0 atom stereocenters. The fraction of sp³-hybridized carbons (Fsp3) is 0. The van der Waals surface area contributed by atoms with Crippen LogP contribution in [-0.4, -0.2) is 15.0 Å². The molecule has 22 heavy (non-hydrogen) atoms. The number of halogens is 1. The molecule has 0 spiro atoms. The minimum absolute atomic E-state index is 0.0341. The van der Waals surface area contributed by atoms with Crippen molar-refractivity contribution in [3.05, 3.63) is 50.7 Å². The van der Waals surface area contributed by atoms with Crippen LogP contribution < -0.4 is 5.56 Å². The van der Waals surface area contributed by atoms with Crippen LogP contribution in [0.25, 0.3) is 33.3 Å². The van der Waals surface area contributed by atoms with E-state index in [1.807, 2.05) is 10.8 Å². The van der Waals surface area contributed by atoms with Crippen molar-refractivity contribution >= 4 is 33.3 Å². The average molecular weight is 310 g/mol. The molecule has 3 aromatic heterocycles. The first-order valence-electron chi connectivity index (χ1n) is 6.34. The molecule has 0 aliphatic carbocycles. The number of aromatic amines is 2. The molecule has 0 amide bonds. The van der Waals surface area contributed by atoms with Crippen LogP contribution in [0.3, 0.4) is 0 Å². The Labute approximate surface area is 126 Å². The second-order valence-electron chi connectivity index (χ2n) is 4.80. The standard InChI is InChI=1S/C15H7FN4OS/c16-9-3-10-7(1-8(9)4-17)2-11(18-10)14-15(21)20-13-6-22-5-12(13)19-14/h1-3,5-6,18H,(H,20,21). The van der Waals surface area contributed by atoms with Crippen LogP contribution in [0.5, 0.6) is 0 Å². The number of nitrogens with zero attached hydrogens (tertiary/aromatic N) is 2. The predicted molar refractivity (Wildman–Crippen MR) is 82.2 cm³/mol. The van der Waals surface area contributed by atoms with Gasteiger partial charge in [0.25, 0.3) is 5.56 Å². The molecule has 0 saturated carbocycles. The Balaban J connectivity index is 1.98. The normalized spacial score (nSPS) is 11.1. The van der Waals surface area contributed by atoms with Gasteiger partial charge in [-0.15, -0.1) is 11.3 Å². The molecular weight excluding hydrogens is 303 g/mol.